The molecule has 1 rings (SSSR count). The lowest BCUT2D eigenvalue weighted by molar-refractivity contribution is -0.118. The van der Waals surface area contributed by atoms with E-state index in [1.54, 1.807) is 19.3 Å². The minimum absolute atomic E-state index is 0.414. The first kappa shape index (κ1) is 9.44. The van der Waals surface area contributed by atoms with Crippen LogP contribution in [0, 0.1) is 6.92 Å². The fourth-order valence-corrected chi connectivity index (χ4v) is 0.732. The standard InChI is InChI=1S/C8H12N4O/c1-5-3-10-8(11-4-5)12-6(2)7(9)13/h3-4,6H,1-2H3,(H2,9,13)(H,10,11,12). The molecular formula is C8H12N4O. The molecule has 1 aromatic rings. The lowest BCUT2D eigenvalue weighted by Gasteiger charge is -2.08. The van der Waals surface area contributed by atoms with Gasteiger partial charge in [0.05, 0.1) is 0 Å². The quantitative estimate of drug-likeness (QED) is 0.689. The van der Waals surface area contributed by atoms with E-state index in [1.807, 2.05) is 6.92 Å². The molecule has 13 heavy (non-hydrogen) atoms. The molecular weight excluding hydrogens is 168 g/mol. The maximum atomic E-state index is 10.7. The highest BCUT2D eigenvalue weighted by molar-refractivity contribution is 5.81. The number of aromatic nitrogens is 2. The molecule has 0 fully saturated rings. The zero-order valence-corrected chi connectivity index (χ0v) is 7.61. The monoisotopic (exact) mass is 180 g/mol. The Morgan fingerprint density at radius 2 is 2.08 bits per heavy atom. The molecule has 70 valence electrons. The predicted octanol–water partition coefficient (Wildman–Crippen LogP) is 0.0707. The van der Waals surface area contributed by atoms with Gasteiger partial charge in [-0.3, -0.25) is 4.79 Å². The third-order valence-corrected chi connectivity index (χ3v) is 1.55. The van der Waals surface area contributed by atoms with E-state index >= 15 is 0 Å². The summed E-state index contributed by atoms with van der Waals surface area (Å²) in [6.07, 6.45) is 3.34. The van der Waals surface area contributed by atoms with Crippen LogP contribution in [0.2, 0.25) is 0 Å². The second-order valence-corrected chi connectivity index (χ2v) is 2.85. The van der Waals surface area contributed by atoms with Gasteiger partial charge >= 0.3 is 0 Å². The maximum absolute atomic E-state index is 10.7. The molecule has 3 N–H and O–H groups in total. The number of primary amides is 1. The van der Waals surface area contributed by atoms with Gasteiger partial charge in [0.15, 0.2) is 0 Å². The minimum atomic E-state index is -0.456. The summed E-state index contributed by atoms with van der Waals surface area (Å²) in [6, 6.07) is -0.456. The van der Waals surface area contributed by atoms with Crippen LogP contribution in [-0.2, 0) is 4.79 Å². The Morgan fingerprint density at radius 1 is 1.54 bits per heavy atom. The van der Waals surface area contributed by atoms with Gasteiger partial charge in [-0.15, -0.1) is 0 Å². The fraction of sp³-hybridized carbons (Fsp3) is 0.375. The number of aryl methyl sites for hydroxylation is 1. The number of nitrogens with zero attached hydrogens (tertiary/aromatic N) is 2. The first-order valence-electron chi connectivity index (χ1n) is 3.94. The second kappa shape index (κ2) is 3.84. The van der Waals surface area contributed by atoms with Crippen LogP contribution in [0.5, 0.6) is 0 Å². The van der Waals surface area contributed by atoms with E-state index in [0.717, 1.165) is 5.56 Å². The first-order valence-corrected chi connectivity index (χ1v) is 3.94. The summed E-state index contributed by atoms with van der Waals surface area (Å²) in [5.41, 5.74) is 6.03. The van der Waals surface area contributed by atoms with Gasteiger partial charge in [0.1, 0.15) is 6.04 Å². The summed E-state index contributed by atoms with van der Waals surface area (Å²) < 4.78 is 0. The molecule has 1 atom stereocenters. The van der Waals surface area contributed by atoms with Gasteiger partial charge in [-0.2, -0.15) is 0 Å². The Labute approximate surface area is 76.4 Å². The van der Waals surface area contributed by atoms with Gasteiger partial charge in [-0.05, 0) is 19.4 Å². The zero-order chi connectivity index (χ0) is 9.84. The summed E-state index contributed by atoms with van der Waals surface area (Å²) in [7, 11) is 0. The van der Waals surface area contributed by atoms with Crippen LogP contribution < -0.4 is 11.1 Å². The van der Waals surface area contributed by atoms with Crippen molar-refractivity contribution < 1.29 is 4.79 Å². The number of carbonyl (C=O) groups is 1. The van der Waals surface area contributed by atoms with Crippen molar-refractivity contribution in [1.82, 2.24) is 9.97 Å². The highest BCUT2D eigenvalue weighted by Crippen LogP contribution is 2.00. The molecule has 0 aliphatic heterocycles. The van der Waals surface area contributed by atoms with Crippen molar-refractivity contribution in [1.29, 1.82) is 0 Å². The van der Waals surface area contributed by atoms with Crippen molar-refractivity contribution in [2.75, 3.05) is 5.32 Å². The lowest BCUT2D eigenvalue weighted by atomic mass is 10.3. The largest absolute Gasteiger partial charge is 0.368 e. The van der Waals surface area contributed by atoms with E-state index in [2.05, 4.69) is 15.3 Å². The number of nitrogens with one attached hydrogen (secondary N) is 1. The molecule has 5 nitrogen and oxygen atoms in total. The second-order valence-electron chi connectivity index (χ2n) is 2.85. The van der Waals surface area contributed by atoms with E-state index in [1.165, 1.54) is 0 Å². The van der Waals surface area contributed by atoms with Crippen LogP contribution >= 0.6 is 0 Å². The molecule has 1 aromatic heterocycles. The van der Waals surface area contributed by atoms with E-state index < -0.39 is 11.9 Å². The average Bonchev–Trinajstić information content (AvgIpc) is 2.08. The van der Waals surface area contributed by atoms with Gasteiger partial charge in [-0.25, -0.2) is 9.97 Å². The molecule has 5 heteroatoms. The highest BCUT2D eigenvalue weighted by atomic mass is 16.1. The third kappa shape index (κ3) is 2.70. The van der Waals surface area contributed by atoms with Crippen molar-refractivity contribution in [2.45, 2.75) is 19.9 Å². The Bertz CT molecular complexity index is 296. The van der Waals surface area contributed by atoms with E-state index in [9.17, 15) is 4.79 Å². The number of amides is 1. The van der Waals surface area contributed by atoms with E-state index in [0.29, 0.717) is 5.95 Å². The molecule has 0 aliphatic carbocycles. The van der Waals surface area contributed by atoms with Crippen LogP contribution in [0.4, 0.5) is 5.95 Å². The molecule has 1 heterocycles. The van der Waals surface area contributed by atoms with Gasteiger partial charge < -0.3 is 11.1 Å². The summed E-state index contributed by atoms with van der Waals surface area (Å²) in [5, 5.41) is 2.77. The van der Waals surface area contributed by atoms with Gasteiger partial charge in [-0.1, -0.05) is 0 Å². The predicted molar refractivity (Wildman–Crippen MR) is 49.0 cm³/mol. The van der Waals surface area contributed by atoms with E-state index in [-0.39, 0.29) is 0 Å². The molecule has 1 amide bonds. The smallest absolute Gasteiger partial charge is 0.239 e. The molecule has 0 saturated heterocycles. The Hall–Kier alpha value is -1.65. The van der Waals surface area contributed by atoms with Crippen LogP contribution in [-0.4, -0.2) is 21.9 Å². The highest BCUT2D eigenvalue weighted by Gasteiger charge is 2.08. The van der Waals surface area contributed by atoms with Gasteiger partial charge in [0, 0.05) is 12.4 Å². The summed E-state index contributed by atoms with van der Waals surface area (Å²) in [4.78, 5) is 18.6. The molecule has 0 spiro atoms. The normalized spacial score (nSPS) is 12.2. The summed E-state index contributed by atoms with van der Waals surface area (Å²) in [5.74, 6) is -0.0129. The topological polar surface area (TPSA) is 80.9 Å². The number of hydrogen-bond donors (Lipinski definition) is 2. The third-order valence-electron chi connectivity index (χ3n) is 1.55. The first-order chi connectivity index (χ1) is 6.09. The number of hydrogen-bond acceptors (Lipinski definition) is 4. The number of anilines is 1. The molecule has 0 aromatic carbocycles. The van der Waals surface area contributed by atoms with Crippen molar-refractivity contribution in [3.8, 4) is 0 Å². The van der Waals surface area contributed by atoms with Crippen molar-refractivity contribution in [3.05, 3.63) is 18.0 Å². The summed E-state index contributed by atoms with van der Waals surface area (Å²) >= 11 is 0. The Kier molecular flexibility index (Phi) is 2.79. The molecule has 0 radical (unpaired) electrons. The number of nitrogens with two attached hydrogens (primary N) is 1. The average molecular weight is 180 g/mol. The Morgan fingerprint density at radius 3 is 2.54 bits per heavy atom. The number of carbonyl (C=O) groups excluding carboxylic acids is 1. The SMILES string of the molecule is Cc1cnc(NC(C)C(N)=O)nc1. The molecule has 0 saturated carbocycles. The molecule has 1 unspecified atom stereocenters. The van der Waals surface area contributed by atoms with Gasteiger partial charge in [0.25, 0.3) is 0 Å². The number of rotatable bonds is 3. The molecule has 0 aliphatic rings. The lowest BCUT2D eigenvalue weighted by Crippen LogP contribution is -2.33. The van der Waals surface area contributed by atoms with E-state index in [4.69, 9.17) is 5.73 Å². The van der Waals surface area contributed by atoms with Crippen molar-refractivity contribution in [3.63, 3.8) is 0 Å². The Balaban J connectivity index is 2.64. The van der Waals surface area contributed by atoms with Crippen LogP contribution in [0.1, 0.15) is 12.5 Å². The van der Waals surface area contributed by atoms with Crippen LogP contribution in [0.15, 0.2) is 12.4 Å². The summed E-state index contributed by atoms with van der Waals surface area (Å²) in [6.45, 7) is 3.55. The van der Waals surface area contributed by atoms with Crippen LogP contribution in [0.3, 0.4) is 0 Å². The molecule has 0 bridgehead atoms. The zero-order valence-electron chi connectivity index (χ0n) is 7.61. The van der Waals surface area contributed by atoms with Crippen molar-refractivity contribution in [2.24, 2.45) is 5.73 Å². The maximum Gasteiger partial charge on any atom is 0.239 e. The van der Waals surface area contributed by atoms with Crippen LogP contribution in [0.25, 0.3) is 0 Å². The van der Waals surface area contributed by atoms with Gasteiger partial charge in [0.2, 0.25) is 11.9 Å². The van der Waals surface area contributed by atoms with Crippen molar-refractivity contribution >= 4 is 11.9 Å². The fourth-order valence-electron chi connectivity index (χ4n) is 0.732. The minimum Gasteiger partial charge on any atom is -0.368 e.